The molecule has 1 aliphatic carbocycles. The number of piperidine rings is 1. The maximum absolute atomic E-state index is 12.7. The minimum atomic E-state index is -4.26. The predicted molar refractivity (Wildman–Crippen MR) is 108 cm³/mol. The van der Waals surface area contributed by atoms with E-state index in [0.29, 0.717) is 47.6 Å². The van der Waals surface area contributed by atoms with Gasteiger partial charge in [-0.25, -0.2) is 4.79 Å². The number of carbonyl (C=O) groups excluding carboxylic acids is 1. The van der Waals surface area contributed by atoms with Crippen LogP contribution in [-0.4, -0.2) is 39.6 Å². The third-order valence-electron chi connectivity index (χ3n) is 5.82. The van der Waals surface area contributed by atoms with Crippen molar-refractivity contribution >= 4 is 28.5 Å². The zero-order valence-electron chi connectivity index (χ0n) is 16.1. The number of H-pyrrole nitrogens is 1. The summed E-state index contributed by atoms with van der Waals surface area (Å²) in [5.74, 6) is -1.59. The van der Waals surface area contributed by atoms with Crippen molar-refractivity contribution in [3.8, 4) is 0 Å². The lowest BCUT2D eigenvalue weighted by Crippen LogP contribution is -2.40. The number of halogens is 4. The Morgan fingerprint density at radius 3 is 2.60 bits per heavy atom. The Balaban J connectivity index is 1.38. The first-order valence-corrected chi connectivity index (χ1v) is 10.2. The number of alkyl halides is 3. The number of nitrogens with zero attached hydrogens (tertiary/aromatic N) is 2. The van der Waals surface area contributed by atoms with E-state index >= 15 is 0 Å². The number of benzene rings is 1. The van der Waals surface area contributed by atoms with Crippen LogP contribution in [0.2, 0.25) is 5.02 Å². The molecule has 9 heteroatoms. The van der Waals surface area contributed by atoms with Crippen LogP contribution in [0.5, 0.6) is 0 Å². The first kappa shape index (κ1) is 20.8. The Kier molecular flexibility index (Phi) is 5.53. The number of fused-ring (bicyclic) bond motifs is 1. The zero-order chi connectivity index (χ0) is 21.5. The number of aromatic nitrogens is 2. The summed E-state index contributed by atoms with van der Waals surface area (Å²) in [5.41, 5.74) is 1.74. The molecule has 1 unspecified atom stereocenters. The summed E-state index contributed by atoms with van der Waals surface area (Å²) >= 11 is 6.29. The molecule has 1 amide bonds. The first-order chi connectivity index (χ1) is 14.2. The monoisotopic (exact) mass is 439 g/mol. The second-order valence-electron chi connectivity index (χ2n) is 7.75. The molecule has 5 nitrogen and oxygen atoms in total. The van der Waals surface area contributed by atoms with Gasteiger partial charge in [0.15, 0.2) is 0 Å². The Bertz CT molecular complexity index is 1080. The number of carbonyl (C=O) groups is 1. The fraction of sp³-hybridized carbons (Fsp3) is 0.429. The van der Waals surface area contributed by atoms with Gasteiger partial charge >= 0.3 is 11.9 Å². The molecule has 1 saturated heterocycles. The molecule has 160 valence electrons. The lowest BCUT2D eigenvalue weighted by molar-refractivity contribution is -0.160. The van der Waals surface area contributed by atoms with Gasteiger partial charge in [-0.05, 0) is 37.0 Å². The van der Waals surface area contributed by atoms with Crippen LogP contribution >= 0.6 is 11.6 Å². The van der Waals surface area contributed by atoms with Crippen molar-refractivity contribution in [3.63, 3.8) is 0 Å². The van der Waals surface area contributed by atoms with Crippen molar-refractivity contribution in [2.24, 2.45) is 5.92 Å². The highest BCUT2D eigenvalue weighted by atomic mass is 35.5. The molecule has 1 N–H and O–H groups in total. The number of allylic oxidation sites excluding steroid dienone is 3. The summed E-state index contributed by atoms with van der Waals surface area (Å²) in [7, 11) is 0. The van der Waals surface area contributed by atoms with Gasteiger partial charge in [0.05, 0.1) is 28.4 Å². The Morgan fingerprint density at radius 2 is 1.97 bits per heavy atom. The quantitative estimate of drug-likeness (QED) is 0.759. The molecule has 2 heterocycles. The average molecular weight is 440 g/mol. The van der Waals surface area contributed by atoms with Crippen LogP contribution in [0.3, 0.4) is 0 Å². The molecule has 1 aromatic heterocycles. The van der Waals surface area contributed by atoms with E-state index in [2.05, 4.69) is 4.98 Å². The summed E-state index contributed by atoms with van der Waals surface area (Å²) in [6.45, 7) is 0.963. The molecule has 1 aliphatic heterocycles. The minimum Gasteiger partial charge on any atom is -0.342 e. The molecule has 2 aliphatic rings. The van der Waals surface area contributed by atoms with E-state index in [1.807, 2.05) is 0 Å². The third-order valence-corrected chi connectivity index (χ3v) is 6.13. The van der Waals surface area contributed by atoms with Gasteiger partial charge in [0.2, 0.25) is 5.91 Å². The number of hydrogen-bond acceptors (Lipinski definition) is 2. The van der Waals surface area contributed by atoms with Crippen molar-refractivity contribution in [3.05, 3.63) is 57.5 Å². The van der Waals surface area contributed by atoms with Gasteiger partial charge in [-0.3, -0.25) is 9.36 Å². The highest BCUT2D eigenvalue weighted by molar-refractivity contribution is 6.34. The normalized spacial score (nSPS) is 20.6. The van der Waals surface area contributed by atoms with E-state index < -0.39 is 12.1 Å². The summed E-state index contributed by atoms with van der Waals surface area (Å²) in [4.78, 5) is 29.6. The van der Waals surface area contributed by atoms with Crippen LogP contribution in [0.25, 0.3) is 11.0 Å². The average Bonchev–Trinajstić information content (AvgIpc) is 3.05. The molecule has 1 aromatic carbocycles. The fourth-order valence-electron chi connectivity index (χ4n) is 4.18. The lowest BCUT2D eigenvalue weighted by Gasteiger charge is -2.33. The van der Waals surface area contributed by atoms with Crippen LogP contribution in [0.4, 0.5) is 13.2 Å². The van der Waals surface area contributed by atoms with Crippen molar-refractivity contribution in [2.45, 2.75) is 37.9 Å². The first-order valence-electron chi connectivity index (χ1n) is 9.84. The van der Waals surface area contributed by atoms with Crippen molar-refractivity contribution < 1.29 is 18.0 Å². The predicted octanol–water partition coefficient (Wildman–Crippen LogP) is 4.60. The molecule has 30 heavy (non-hydrogen) atoms. The van der Waals surface area contributed by atoms with Gasteiger partial charge in [0, 0.05) is 19.1 Å². The number of para-hydroxylation sites is 1. The van der Waals surface area contributed by atoms with Gasteiger partial charge in [-0.2, -0.15) is 13.2 Å². The number of imidazole rings is 1. The van der Waals surface area contributed by atoms with Gasteiger partial charge in [-0.15, -0.1) is 0 Å². The van der Waals surface area contributed by atoms with Gasteiger partial charge < -0.3 is 9.88 Å². The zero-order valence-corrected chi connectivity index (χ0v) is 16.8. The largest absolute Gasteiger partial charge is 0.395 e. The van der Waals surface area contributed by atoms with E-state index in [1.165, 1.54) is 12.2 Å². The smallest absolute Gasteiger partial charge is 0.342 e. The lowest BCUT2D eigenvalue weighted by atomic mass is 9.94. The van der Waals surface area contributed by atoms with Gasteiger partial charge in [-0.1, -0.05) is 35.9 Å². The topological polar surface area (TPSA) is 58.1 Å². The molecule has 0 spiro atoms. The highest BCUT2D eigenvalue weighted by Crippen LogP contribution is 2.34. The SMILES string of the molecule is O=C(CC1=CCC(C(F)(F)F)C=C1)N1CCC(n2c(=O)[nH]c3cccc(Cl)c32)CC1. The Hall–Kier alpha value is -2.48. The molecule has 0 saturated carbocycles. The van der Waals surface area contributed by atoms with E-state index in [9.17, 15) is 22.8 Å². The molecule has 2 aromatic rings. The number of rotatable bonds is 3. The number of aromatic amines is 1. The molecule has 1 atom stereocenters. The second kappa shape index (κ2) is 7.98. The minimum absolute atomic E-state index is 0.0727. The summed E-state index contributed by atoms with van der Waals surface area (Å²) in [6.07, 6.45) is 0.940. The molecule has 1 fully saturated rings. The van der Waals surface area contributed by atoms with E-state index in [-0.39, 0.29) is 30.5 Å². The highest BCUT2D eigenvalue weighted by Gasteiger charge is 2.38. The number of amides is 1. The maximum atomic E-state index is 12.7. The van der Waals surface area contributed by atoms with Crippen LogP contribution in [0.1, 0.15) is 31.7 Å². The van der Waals surface area contributed by atoms with E-state index in [0.717, 1.165) is 6.08 Å². The molecule has 0 bridgehead atoms. The van der Waals surface area contributed by atoms with Gasteiger partial charge in [0.1, 0.15) is 0 Å². The molecular weight excluding hydrogens is 419 g/mol. The summed E-state index contributed by atoms with van der Waals surface area (Å²) < 4.78 is 39.9. The molecule has 4 rings (SSSR count). The van der Waals surface area contributed by atoms with Crippen molar-refractivity contribution in [1.29, 1.82) is 0 Å². The fourth-order valence-corrected chi connectivity index (χ4v) is 4.45. The van der Waals surface area contributed by atoms with Crippen molar-refractivity contribution in [1.82, 2.24) is 14.5 Å². The van der Waals surface area contributed by atoms with Crippen LogP contribution < -0.4 is 5.69 Å². The van der Waals surface area contributed by atoms with Crippen LogP contribution in [0.15, 0.2) is 46.8 Å². The maximum Gasteiger partial charge on any atom is 0.395 e. The van der Waals surface area contributed by atoms with Crippen LogP contribution in [-0.2, 0) is 4.79 Å². The van der Waals surface area contributed by atoms with Gasteiger partial charge in [0.25, 0.3) is 0 Å². The molecular formula is C21H21ClF3N3O2. The molecule has 0 radical (unpaired) electrons. The number of nitrogens with one attached hydrogen (secondary N) is 1. The van der Waals surface area contributed by atoms with E-state index in [4.69, 9.17) is 11.6 Å². The number of hydrogen-bond donors (Lipinski definition) is 1. The van der Waals surface area contributed by atoms with Crippen LogP contribution in [0, 0.1) is 5.92 Å². The number of likely N-dealkylation sites (tertiary alicyclic amines) is 1. The summed E-state index contributed by atoms with van der Waals surface area (Å²) in [6, 6.07) is 5.24. The van der Waals surface area contributed by atoms with E-state index in [1.54, 1.807) is 27.7 Å². The standard InChI is InChI=1S/C21H21ClF3N3O2/c22-16-2-1-3-17-19(16)28(20(30)26-17)15-8-10-27(11-9-15)18(29)12-13-4-6-14(7-5-13)21(23,24)25/h1-6,14-15H,7-12H2,(H,26,30). The Morgan fingerprint density at radius 1 is 1.23 bits per heavy atom. The van der Waals surface area contributed by atoms with Crippen molar-refractivity contribution in [2.75, 3.05) is 13.1 Å². The Labute approximate surface area is 175 Å². The third kappa shape index (κ3) is 4.05. The second-order valence-corrected chi connectivity index (χ2v) is 8.15. The summed E-state index contributed by atoms with van der Waals surface area (Å²) in [5, 5.41) is 0.498.